The number of ether oxygens (including phenoxy) is 1. The van der Waals surface area contributed by atoms with Crippen LogP contribution in [0.4, 0.5) is 0 Å². The van der Waals surface area contributed by atoms with E-state index in [-0.39, 0.29) is 0 Å². The largest absolute Gasteiger partial charge is 0.359 e. The summed E-state index contributed by atoms with van der Waals surface area (Å²) in [4.78, 5) is 0. The minimum atomic E-state index is 0.319. The van der Waals surface area contributed by atoms with Gasteiger partial charge in [-0.05, 0) is 45.2 Å². The van der Waals surface area contributed by atoms with Gasteiger partial charge in [-0.25, -0.2) is 0 Å². The van der Waals surface area contributed by atoms with E-state index in [2.05, 4.69) is 17.6 Å². The smallest absolute Gasteiger partial charge is 0.108 e. The van der Waals surface area contributed by atoms with Crippen LogP contribution in [0.3, 0.4) is 0 Å². The molecule has 0 spiro atoms. The number of hydrogen-bond donors (Lipinski definition) is 2. The van der Waals surface area contributed by atoms with E-state index in [0.29, 0.717) is 12.3 Å². The third kappa shape index (κ3) is 2.66. The lowest BCUT2D eigenvalue weighted by molar-refractivity contribution is 0.0331. The van der Waals surface area contributed by atoms with Crippen LogP contribution in [0, 0.1) is 5.92 Å². The molecule has 0 aromatic carbocycles. The molecule has 3 atom stereocenters. The van der Waals surface area contributed by atoms with Gasteiger partial charge in [0.05, 0.1) is 6.10 Å². The van der Waals surface area contributed by atoms with Gasteiger partial charge in [-0.15, -0.1) is 0 Å². The Morgan fingerprint density at radius 2 is 2.31 bits per heavy atom. The second-order valence-corrected chi connectivity index (χ2v) is 4.29. The average Bonchev–Trinajstić information content (AvgIpc) is 2.53. The van der Waals surface area contributed by atoms with E-state index < -0.39 is 0 Å². The highest BCUT2D eigenvalue weighted by atomic mass is 16.5. The number of nitrogens with one attached hydrogen (secondary N) is 2. The number of hydrogen-bond acceptors (Lipinski definition) is 3. The van der Waals surface area contributed by atoms with Crippen molar-refractivity contribution in [1.82, 2.24) is 10.6 Å². The van der Waals surface area contributed by atoms with Gasteiger partial charge in [0.25, 0.3) is 0 Å². The molecule has 0 aromatic rings. The zero-order valence-electron chi connectivity index (χ0n) is 8.38. The monoisotopic (exact) mass is 184 g/mol. The van der Waals surface area contributed by atoms with Crippen LogP contribution in [0.5, 0.6) is 0 Å². The van der Waals surface area contributed by atoms with Gasteiger partial charge in [-0.3, -0.25) is 5.32 Å². The second-order valence-electron chi connectivity index (χ2n) is 4.29. The maximum absolute atomic E-state index is 5.73. The lowest BCUT2D eigenvalue weighted by Crippen LogP contribution is -2.34. The van der Waals surface area contributed by atoms with E-state index in [9.17, 15) is 0 Å². The van der Waals surface area contributed by atoms with Crippen molar-refractivity contribution in [2.75, 3.05) is 19.6 Å². The van der Waals surface area contributed by atoms with Crippen LogP contribution in [-0.2, 0) is 4.74 Å². The van der Waals surface area contributed by atoms with Gasteiger partial charge in [-0.1, -0.05) is 0 Å². The van der Waals surface area contributed by atoms with Gasteiger partial charge >= 0.3 is 0 Å². The zero-order chi connectivity index (χ0) is 9.10. The maximum Gasteiger partial charge on any atom is 0.108 e. The van der Waals surface area contributed by atoms with E-state index in [0.717, 1.165) is 12.5 Å². The SMILES string of the molecule is CC1CNC(CC2CCCNC2)O1. The van der Waals surface area contributed by atoms with Crippen molar-refractivity contribution in [1.29, 1.82) is 0 Å². The molecule has 0 saturated carbocycles. The molecule has 13 heavy (non-hydrogen) atoms. The average molecular weight is 184 g/mol. The Kier molecular flexibility index (Phi) is 3.19. The molecule has 3 heteroatoms. The van der Waals surface area contributed by atoms with Crippen LogP contribution in [0.2, 0.25) is 0 Å². The van der Waals surface area contributed by atoms with Crippen LogP contribution in [0.15, 0.2) is 0 Å². The van der Waals surface area contributed by atoms with Crippen molar-refractivity contribution >= 4 is 0 Å². The Bertz CT molecular complexity index is 154. The summed E-state index contributed by atoms with van der Waals surface area (Å²) in [5, 5.41) is 6.84. The lowest BCUT2D eigenvalue weighted by Gasteiger charge is -2.25. The molecule has 2 fully saturated rings. The molecular weight excluding hydrogens is 164 g/mol. The van der Waals surface area contributed by atoms with Gasteiger partial charge in [0.2, 0.25) is 0 Å². The van der Waals surface area contributed by atoms with E-state index in [4.69, 9.17) is 4.74 Å². The van der Waals surface area contributed by atoms with E-state index in [1.54, 1.807) is 0 Å². The highest BCUT2D eigenvalue weighted by Crippen LogP contribution is 2.19. The first-order valence-electron chi connectivity index (χ1n) is 5.44. The maximum atomic E-state index is 5.73. The van der Waals surface area contributed by atoms with Crippen LogP contribution in [0.25, 0.3) is 0 Å². The third-order valence-electron chi connectivity index (χ3n) is 2.98. The van der Waals surface area contributed by atoms with E-state index in [1.165, 1.54) is 32.4 Å². The molecular formula is C10H20N2O. The molecule has 0 aliphatic carbocycles. The Balaban J connectivity index is 1.71. The molecule has 2 N–H and O–H groups in total. The summed E-state index contributed by atoms with van der Waals surface area (Å²) in [7, 11) is 0. The first kappa shape index (κ1) is 9.44. The van der Waals surface area contributed by atoms with Crippen molar-refractivity contribution in [2.45, 2.75) is 38.5 Å². The van der Waals surface area contributed by atoms with Crippen molar-refractivity contribution in [3.8, 4) is 0 Å². The molecule has 2 saturated heterocycles. The van der Waals surface area contributed by atoms with Crippen molar-refractivity contribution < 1.29 is 4.74 Å². The predicted molar refractivity (Wildman–Crippen MR) is 52.5 cm³/mol. The summed E-state index contributed by atoms with van der Waals surface area (Å²) in [6.45, 7) is 5.53. The molecule has 2 aliphatic rings. The Labute approximate surface area is 80.2 Å². The topological polar surface area (TPSA) is 33.3 Å². The first-order valence-corrected chi connectivity index (χ1v) is 5.44. The van der Waals surface area contributed by atoms with Crippen molar-refractivity contribution in [2.24, 2.45) is 5.92 Å². The Morgan fingerprint density at radius 1 is 1.38 bits per heavy atom. The molecule has 2 aliphatic heterocycles. The molecule has 3 unspecified atom stereocenters. The standard InChI is InChI=1S/C10H20N2O/c1-8-6-12-10(13-8)5-9-3-2-4-11-7-9/h8-12H,2-7H2,1H3. The van der Waals surface area contributed by atoms with Gasteiger partial charge in [0, 0.05) is 6.54 Å². The summed E-state index contributed by atoms with van der Waals surface area (Å²) in [6, 6.07) is 0. The summed E-state index contributed by atoms with van der Waals surface area (Å²) in [6.07, 6.45) is 4.59. The van der Waals surface area contributed by atoms with Gasteiger partial charge < -0.3 is 10.1 Å². The molecule has 76 valence electrons. The van der Waals surface area contributed by atoms with Crippen molar-refractivity contribution in [3.63, 3.8) is 0 Å². The molecule has 2 rings (SSSR count). The van der Waals surface area contributed by atoms with Crippen LogP contribution in [-0.4, -0.2) is 32.0 Å². The Hall–Kier alpha value is -0.120. The fourth-order valence-electron chi connectivity index (χ4n) is 2.24. The molecule has 0 amide bonds. The fraction of sp³-hybridized carbons (Fsp3) is 1.00. The molecule has 0 bridgehead atoms. The predicted octanol–water partition coefficient (Wildman–Crippen LogP) is 0.710. The minimum Gasteiger partial charge on any atom is -0.359 e. The lowest BCUT2D eigenvalue weighted by atomic mass is 9.95. The van der Waals surface area contributed by atoms with Gasteiger partial charge in [0.15, 0.2) is 0 Å². The normalized spacial score (nSPS) is 40.8. The van der Waals surface area contributed by atoms with E-state index in [1.807, 2.05) is 0 Å². The number of piperidine rings is 1. The third-order valence-corrected chi connectivity index (χ3v) is 2.98. The van der Waals surface area contributed by atoms with Crippen LogP contribution in [0.1, 0.15) is 26.2 Å². The first-order chi connectivity index (χ1) is 6.34. The van der Waals surface area contributed by atoms with Crippen molar-refractivity contribution in [3.05, 3.63) is 0 Å². The quantitative estimate of drug-likeness (QED) is 0.663. The molecule has 0 aromatic heterocycles. The highest BCUT2D eigenvalue weighted by Gasteiger charge is 2.24. The summed E-state index contributed by atoms with van der Waals surface area (Å²) in [5.41, 5.74) is 0. The highest BCUT2D eigenvalue weighted by molar-refractivity contribution is 4.76. The van der Waals surface area contributed by atoms with Crippen LogP contribution >= 0.6 is 0 Å². The van der Waals surface area contributed by atoms with E-state index >= 15 is 0 Å². The minimum absolute atomic E-state index is 0.319. The number of rotatable bonds is 2. The van der Waals surface area contributed by atoms with Crippen LogP contribution < -0.4 is 10.6 Å². The molecule has 0 radical (unpaired) electrons. The molecule has 2 heterocycles. The zero-order valence-corrected chi connectivity index (χ0v) is 8.38. The van der Waals surface area contributed by atoms with Gasteiger partial charge in [0.1, 0.15) is 6.23 Å². The second kappa shape index (κ2) is 4.40. The summed E-state index contributed by atoms with van der Waals surface area (Å²) < 4.78 is 5.73. The molecule has 3 nitrogen and oxygen atoms in total. The summed E-state index contributed by atoms with van der Waals surface area (Å²) in [5.74, 6) is 0.816. The van der Waals surface area contributed by atoms with Gasteiger partial charge in [-0.2, -0.15) is 0 Å². The summed E-state index contributed by atoms with van der Waals surface area (Å²) >= 11 is 0. The Morgan fingerprint density at radius 3 is 2.92 bits per heavy atom. The fourth-order valence-corrected chi connectivity index (χ4v) is 2.24.